The second kappa shape index (κ2) is 6.56. The van der Waals surface area contributed by atoms with Gasteiger partial charge in [-0.05, 0) is 56.4 Å². The first kappa shape index (κ1) is 17.6. The van der Waals surface area contributed by atoms with Crippen LogP contribution in [-0.4, -0.2) is 48.2 Å². The number of benzene rings is 1. The summed E-state index contributed by atoms with van der Waals surface area (Å²) in [7, 11) is 0. The van der Waals surface area contributed by atoms with Crippen LogP contribution in [0.3, 0.4) is 0 Å². The molecule has 1 amide bonds. The number of hydrogen-bond acceptors (Lipinski definition) is 3. The van der Waals surface area contributed by atoms with E-state index < -0.39 is 0 Å². The van der Waals surface area contributed by atoms with Gasteiger partial charge in [-0.1, -0.05) is 12.8 Å². The Kier molecular flexibility index (Phi) is 4.28. The molecule has 5 rings (SSSR count). The zero-order valence-electron chi connectivity index (χ0n) is 16.0. The lowest BCUT2D eigenvalue weighted by molar-refractivity contribution is -0.000874. The highest BCUT2D eigenvalue weighted by Crippen LogP contribution is 2.55. The number of aryl methyl sites for hydroxylation is 1. The number of amides is 1. The molecule has 4 atom stereocenters. The quantitative estimate of drug-likeness (QED) is 0.882. The molecule has 3 saturated heterocycles. The Morgan fingerprint density at radius 3 is 2.89 bits per heavy atom. The number of carbonyl (C=O) groups is 1. The van der Waals surface area contributed by atoms with Crippen LogP contribution in [0.25, 0.3) is 0 Å². The lowest BCUT2D eigenvalue weighted by Crippen LogP contribution is -2.41. The molecule has 2 bridgehead atoms. The summed E-state index contributed by atoms with van der Waals surface area (Å²) in [6, 6.07) is 5.24. The number of halogens is 1. The molecule has 3 heterocycles. The highest BCUT2D eigenvalue weighted by atomic mass is 19.1. The van der Waals surface area contributed by atoms with Crippen LogP contribution < -0.4 is 5.32 Å². The first-order valence-corrected chi connectivity index (χ1v) is 10.5. The molecule has 146 valence electrons. The summed E-state index contributed by atoms with van der Waals surface area (Å²) in [5.41, 5.74) is 1.20. The zero-order valence-corrected chi connectivity index (χ0v) is 16.0. The fourth-order valence-corrected chi connectivity index (χ4v) is 6.23. The number of ether oxygens (including phenoxy) is 1. The minimum Gasteiger partial charge on any atom is -0.370 e. The summed E-state index contributed by atoms with van der Waals surface area (Å²) >= 11 is 0. The van der Waals surface area contributed by atoms with Crippen LogP contribution in [0.2, 0.25) is 0 Å². The molecule has 0 aromatic heterocycles. The molecule has 4 nitrogen and oxygen atoms in total. The number of fused-ring (bicyclic) bond motifs is 1. The average molecular weight is 372 g/mol. The number of carbonyl (C=O) groups excluding carboxylic acids is 1. The number of nitrogens with zero attached hydrogens (tertiary/aromatic N) is 1. The fraction of sp³-hybridized carbons (Fsp3) is 0.682. The van der Waals surface area contributed by atoms with E-state index >= 15 is 0 Å². The maximum absolute atomic E-state index is 13.6. The van der Waals surface area contributed by atoms with Crippen LogP contribution in [-0.2, 0) is 4.74 Å². The van der Waals surface area contributed by atoms with E-state index in [1.54, 1.807) is 6.07 Å². The Balaban J connectivity index is 1.26. The number of likely N-dealkylation sites (tertiary alicyclic amines) is 1. The second-order valence-electron chi connectivity index (χ2n) is 9.13. The number of rotatable bonds is 4. The van der Waals surface area contributed by atoms with E-state index in [-0.39, 0.29) is 23.4 Å². The predicted molar refractivity (Wildman–Crippen MR) is 101 cm³/mol. The van der Waals surface area contributed by atoms with Crippen molar-refractivity contribution in [3.05, 3.63) is 35.1 Å². The molecule has 1 aromatic carbocycles. The molecule has 0 unspecified atom stereocenters. The molecule has 27 heavy (non-hydrogen) atoms. The van der Waals surface area contributed by atoms with Gasteiger partial charge in [-0.2, -0.15) is 0 Å². The van der Waals surface area contributed by atoms with Gasteiger partial charge in [0.25, 0.3) is 5.91 Å². The van der Waals surface area contributed by atoms with Crippen molar-refractivity contribution >= 4 is 5.91 Å². The highest BCUT2D eigenvalue weighted by molar-refractivity contribution is 5.94. The van der Waals surface area contributed by atoms with Gasteiger partial charge in [-0.15, -0.1) is 0 Å². The number of hydrogen-bond donors (Lipinski definition) is 1. The van der Waals surface area contributed by atoms with Crippen molar-refractivity contribution in [3.63, 3.8) is 0 Å². The maximum atomic E-state index is 13.6. The Morgan fingerprint density at radius 2 is 2.11 bits per heavy atom. The van der Waals surface area contributed by atoms with Crippen molar-refractivity contribution < 1.29 is 13.9 Å². The van der Waals surface area contributed by atoms with Crippen molar-refractivity contribution in [2.24, 2.45) is 11.8 Å². The van der Waals surface area contributed by atoms with E-state index in [1.807, 2.05) is 6.92 Å². The van der Waals surface area contributed by atoms with Gasteiger partial charge in [0.15, 0.2) is 0 Å². The fourth-order valence-electron chi connectivity index (χ4n) is 6.23. The lowest BCUT2D eigenvalue weighted by Gasteiger charge is -2.29. The SMILES string of the molecule is Cc1cc(F)cc(C(=O)NC[C@H]2[C@H]3CN(C4CCCC4)C[C@]34CC[C@H]2O4)c1. The normalized spacial score (nSPS) is 35.7. The third kappa shape index (κ3) is 2.99. The molecule has 1 saturated carbocycles. The average Bonchev–Trinajstić information content (AvgIpc) is 3.38. The third-order valence-electron chi connectivity index (χ3n) is 7.45. The zero-order chi connectivity index (χ0) is 18.6. The molecule has 4 fully saturated rings. The Morgan fingerprint density at radius 1 is 1.30 bits per heavy atom. The third-order valence-corrected chi connectivity index (χ3v) is 7.45. The summed E-state index contributed by atoms with van der Waals surface area (Å²) in [6.07, 6.45) is 7.91. The number of nitrogens with one attached hydrogen (secondary N) is 1. The lowest BCUT2D eigenvalue weighted by atomic mass is 9.73. The molecule has 5 heteroatoms. The molecule has 1 aliphatic carbocycles. The van der Waals surface area contributed by atoms with E-state index in [4.69, 9.17) is 4.74 Å². The topological polar surface area (TPSA) is 41.6 Å². The molecular formula is C22H29FN2O2. The van der Waals surface area contributed by atoms with Gasteiger partial charge in [0.1, 0.15) is 5.82 Å². The minimum absolute atomic E-state index is 0.0259. The van der Waals surface area contributed by atoms with Crippen LogP contribution in [0.5, 0.6) is 0 Å². The van der Waals surface area contributed by atoms with Crippen molar-refractivity contribution in [2.45, 2.75) is 63.2 Å². The molecule has 1 N–H and O–H groups in total. The Bertz CT molecular complexity index is 728. The molecule has 0 radical (unpaired) electrons. The van der Waals surface area contributed by atoms with Gasteiger partial charge in [-0.3, -0.25) is 9.69 Å². The van der Waals surface area contributed by atoms with E-state index in [9.17, 15) is 9.18 Å². The van der Waals surface area contributed by atoms with E-state index in [2.05, 4.69) is 10.2 Å². The Hall–Kier alpha value is -1.46. The van der Waals surface area contributed by atoms with E-state index in [0.29, 0.717) is 23.9 Å². The summed E-state index contributed by atoms with van der Waals surface area (Å²) in [6.45, 7) is 4.63. The van der Waals surface area contributed by atoms with Crippen LogP contribution in [0.1, 0.15) is 54.4 Å². The Labute approximate surface area is 160 Å². The standard InChI is InChI=1S/C22H29FN2O2/c1-14-8-15(10-16(23)9-14)21(26)24-11-18-19-12-25(17-4-2-3-5-17)13-22(19)7-6-20(18)27-22/h8-10,17-20H,2-7,11-13H2,1H3,(H,24,26)/t18-,19+,20+,22+/m0/s1. The summed E-state index contributed by atoms with van der Waals surface area (Å²) in [5.74, 6) is 0.362. The smallest absolute Gasteiger partial charge is 0.251 e. The summed E-state index contributed by atoms with van der Waals surface area (Å²) < 4.78 is 20.1. The molecular weight excluding hydrogens is 343 g/mol. The van der Waals surface area contributed by atoms with Gasteiger partial charge in [0, 0.05) is 43.1 Å². The van der Waals surface area contributed by atoms with Gasteiger partial charge in [-0.25, -0.2) is 4.39 Å². The maximum Gasteiger partial charge on any atom is 0.251 e. The van der Waals surface area contributed by atoms with E-state index in [0.717, 1.165) is 31.1 Å². The van der Waals surface area contributed by atoms with Gasteiger partial charge in [0.2, 0.25) is 0 Å². The van der Waals surface area contributed by atoms with E-state index in [1.165, 1.54) is 44.2 Å². The van der Waals surface area contributed by atoms with Gasteiger partial charge >= 0.3 is 0 Å². The molecule has 1 aromatic rings. The highest BCUT2D eigenvalue weighted by Gasteiger charge is 2.63. The van der Waals surface area contributed by atoms with Crippen LogP contribution in [0, 0.1) is 24.6 Å². The van der Waals surface area contributed by atoms with Crippen LogP contribution >= 0.6 is 0 Å². The van der Waals surface area contributed by atoms with Crippen molar-refractivity contribution in [1.82, 2.24) is 10.2 Å². The predicted octanol–water partition coefficient (Wildman–Crippen LogP) is 3.29. The molecule has 4 aliphatic rings. The van der Waals surface area contributed by atoms with Crippen molar-refractivity contribution in [2.75, 3.05) is 19.6 Å². The van der Waals surface area contributed by atoms with Crippen LogP contribution in [0.15, 0.2) is 18.2 Å². The van der Waals surface area contributed by atoms with Crippen LogP contribution in [0.4, 0.5) is 4.39 Å². The molecule has 1 spiro atoms. The van der Waals surface area contributed by atoms with Crippen molar-refractivity contribution in [3.8, 4) is 0 Å². The van der Waals surface area contributed by atoms with Gasteiger partial charge < -0.3 is 10.1 Å². The monoisotopic (exact) mass is 372 g/mol. The molecule has 3 aliphatic heterocycles. The summed E-state index contributed by atoms with van der Waals surface area (Å²) in [4.78, 5) is 15.2. The van der Waals surface area contributed by atoms with Gasteiger partial charge in [0.05, 0.1) is 11.7 Å². The minimum atomic E-state index is -0.356. The summed E-state index contributed by atoms with van der Waals surface area (Å²) in [5, 5.41) is 3.07. The largest absolute Gasteiger partial charge is 0.370 e. The van der Waals surface area contributed by atoms with Crippen molar-refractivity contribution in [1.29, 1.82) is 0 Å². The first-order chi connectivity index (χ1) is 13.0. The second-order valence-corrected chi connectivity index (χ2v) is 9.13. The first-order valence-electron chi connectivity index (χ1n) is 10.5.